The zero-order valence-electron chi connectivity index (χ0n) is 11.1. The Balaban J connectivity index is 1.53. The number of rotatable bonds is 3. The third-order valence-electron chi connectivity index (χ3n) is 5.00. The summed E-state index contributed by atoms with van der Waals surface area (Å²) in [5.74, 6) is 0. The lowest BCUT2D eigenvalue weighted by Crippen LogP contribution is -2.55. The lowest BCUT2D eigenvalue weighted by molar-refractivity contribution is -0.0337. The van der Waals surface area contributed by atoms with Gasteiger partial charge in [0.15, 0.2) is 0 Å². The normalized spacial score (nSPS) is 44.8. The van der Waals surface area contributed by atoms with Gasteiger partial charge in [0.1, 0.15) is 0 Å². The topological polar surface area (TPSA) is 50.7 Å². The molecule has 0 aromatic rings. The second-order valence-corrected chi connectivity index (χ2v) is 6.29. The van der Waals surface area contributed by atoms with Gasteiger partial charge in [-0.3, -0.25) is 0 Å². The van der Waals surface area contributed by atoms with Crippen molar-refractivity contribution in [2.24, 2.45) is 0 Å². The van der Waals surface area contributed by atoms with Crippen molar-refractivity contribution in [2.75, 3.05) is 26.4 Å². The summed E-state index contributed by atoms with van der Waals surface area (Å²) >= 11 is 0. The molecule has 0 amide bonds. The predicted octanol–water partition coefficient (Wildman–Crippen LogP) is 1.22. The molecule has 1 saturated carbocycles. The molecule has 0 aromatic carbocycles. The molecule has 1 unspecified atom stereocenters. The highest BCUT2D eigenvalue weighted by Gasteiger charge is 2.42. The standard InChI is InChI=1S/C14H25NO3/c16-10-13(7-9-17-11-13)15-12-2-5-14(6-3-12)4-1-8-18-14/h12,15-16H,1-11H2. The summed E-state index contributed by atoms with van der Waals surface area (Å²) in [5, 5.41) is 13.2. The molecule has 3 fully saturated rings. The summed E-state index contributed by atoms with van der Waals surface area (Å²) in [7, 11) is 0. The maximum absolute atomic E-state index is 9.59. The van der Waals surface area contributed by atoms with Crippen LogP contribution in [0.5, 0.6) is 0 Å². The molecule has 1 aliphatic carbocycles. The van der Waals surface area contributed by atoms with E-state index in [9.17, 15) is 5.11 Å². The molecule has 18 heavy (non-hydrogen) atoms. The first-order chi connectivity index (χ1) is 8.76. The van der Waals surface area contributed by atoms with Crippen LogP contribution in [0.3, 0.4) is 0 Å². The van der Waals surface area contributed by atoms with Crippen molar-refractivity contribution in [3.05, 3.63) is 0 Å². The van der Waals surface area contributed by atoms with Crippen LogP contribution in [-0.2, 0) is 9.47 Å². The van der Waals surface area contributed by atoms with Crippen LogP contribution in [0.25, 0.3) is 0 Å². The van der Waals surface area contributed by atoms with Crippen molar-refractivity contribution in [2.45, 2.75) is 62.1 Å². The number of aliphatic hydroxyl groups excluding tert-OH is 1. The number of nitrogens with one attached hydrogen (secondary N) is 1. The van der Waals surface area contributed by atoms with Crippen LogP contribution in [0, 0.1) is 0 Å². The van der Waals surface area contributed by atoms with Crippen molar-refractivity contribution >= 4 is 0 Å². The molecule has 1 atom stereocenters. The Morgan fingerprint density at radius 2 is 1.94 bits per heavy atom. The molecule has 2 saturated heterocycles. The van der Waals surface area contributed by atoms with E-state index in [0.29, 0.717) is 12.6 Å². The van der Waals surface area contributed by atoms with Crippen molar-refractivity contribution in [3.8, 4) is 0 Å². The Bertz CT molecular complexity index is 273. The van der Waals surface area contributed by atoms with E-state index in [1.807, 2.05) is 0 Å². The van der Waals surface area contributed by atoms with Crippen LogP contribution in [0.4, 0.5) is 0 Å². The molecule has 4 heteroatoms. The molecule has 0 bridgehead atoms. The minimum Gasteiger partial charge on any atom is -0.394 e. The van der Waals surface area contributed by atoms with E-state index in [1.54, 1.807) is 0 Å². The molecule has 104 valence electrons. The third kappa shape index (κ3) is 2.44. The summed E-state index contributed by atoms with van der Waals surface area (Å²) in [5.41, 5.74) is 0.0302. The Kier molecular flexibility index (Phi) is 3.63. The maximum atomic E-state index is 9.59. The molecule has 2 N–H and O–H groups in total. The summed E-state index contributed by atoms with van der Waals surface area (Å²) in [4.78, 5) is 0. The molecule has 4 nitrogen and oxygen atoms in total. The quantitative estimate of drug-likeness (QED) is 0.796. The SMILES string of the molecule is OCC1(NC2CCC3(CCCO3)CC2)CCOC1. The number of hydrogen-bond acceptors (Lipinski definition) is 4. The van der Waals surface area contributed by atoms with E-state index in [4.69, 9.17) is 9.47 Å². The van der Waals surface area contributed by atoms with Gasteiger partial charge >= 0.3 is 0 Å². The Morgan fingerprint density at radius 3 is 2.50 bits per heavy atom. The van der Waals surface area contributed by atoms with E-state index in [1.165, 1.54) is 38.5 Å². The first-order valence-electron chi connectivity index (χ1n) is 7.36. The average Bonchev–Trinajstić information content (AvgIpc) is 3.03. The number of hydrogen-bond donors (Lipinski definition) is 2. The number of ether oxygens (including phenoxy) is 2. The first kappa shape index (κ1) is 12.9. The molecule has 3 rings (SSSR count). The molecular weight excluding hydrogens is 230 g/mol. The Morgan fingerprint density at radius 1 is 1.11 bits per heavy atom. The van der Waals surface area contributed by atoms with Crippen molar-refractivity contribution in [3.63, 3.8) is 0 Å². The van der Waals surface area contributed by atoms with E-state index in [0.717, 1.165) is 19.6 Å². The van der Waals surface area contributed by atoms with E-state index in [-0.39, 0.29) is 17.7 Å². The fourth-order valence-electron chi connectivity index (χ4n) is 3.76. The van der Waals surface area contributed by atoms with Crippen molar-refractivity contribution in [1.29, 1.82) is 0 Å². The molecule has 3 aliphatic rings. The Labute approximate surface area is 109 Å². The van der Waals surface area contributed by atoms with Crippen LogP contribution in [0.1, 0.15) is 44.9 Å². The van der Waals surface area contributed by atoms with Gasteiger partial charge in [-0.1, -0.05) is 0 Å². The van der Waals surface area contributed by atoms with E-state index >= 15 is 0 Å². The van der Waals surface area contributed by atoms with Gasteiger partial charge in [0, 0.05) is 19.3 Å². The van der Waals surface area contributed by atoms with Crippen molar-refractivity contribution < 1.29 is 14.6 Å². The average molecular weight is 255 g/mol. The fourth-order valence-corrected chi connectivity index (χ4v) is 3.76. The van der Waals surface area contributed by atoms with Gasteiger partial charge in [-0.15, -0.1) is 0 Å². The van der Waals surface area contributed by atoms with Gasteiger partial charge in [0.25, 0.3) is 0 Å². The largest absolute Gasteiger partial charge is 0.394 e. The van der Waals surface area contributed by atoms with Gasteiger partial charge in [0.05, 0.1) is 24.4 Å². The fraction of sp³-hybridized carbons (Fsp3) is 1.00. The Hall–Kier alpha value is -0.160. The lowest BCUT2D eigenvalue weighted by Gasteiger charge is -2.40. The van der Waals surface area contributed by atoms with Gasteiger partial charge in [0.2, 0.25) is 0 Å². The maximum Gasteiger partial charge on any atom is 0.0684 e. The number of aliphatic hydroxyl groups is 1. The third-order valence-corrected chi connectivity index (χ3v) is 5.00. The van der Waals surface area contributed by atoms with Crippen LogP contribution in [0.2, 0.25) is 0 Å². The van der Waals surface area contributed by atoms with Gasteiger partial charge in [-0.05, 0) is 44.9 Å². The van der Waals surface area contributed by atoms with Gasteiger partial charge < -0.3 is 19.9 Å². The highest BCUT2D eigenvalue weighted by Crippen LogP contribution is 2.39. The van der Waals surface area contributed by atoms with Crippen LogP contribution < -0.4 is 5.32 Å². The second-order valence-electron chi connectivity index (χ2n) is 6.29. The summed E-state index contributed by atoms with van der Waals surface area (Å²) in [6.45, 7) is 2.56. The molecular formula is C14H25NO3. The summed E-state index contributed by atoms with van der Waals surface area (Å²) in [6.07, 6.45) is 8.09. The molecule has 2 heterocycles. The van der Waals surface area contributed by atoms with Crippen molar-refractivity contribution in [1.82, 2.24) is 5.32 Å². The zero-order chi connectivity index (χ0) is 12.5. The zero-order valence-corrected chi connectivity index (χ0v) is 11.1. The minimum absolute atomic E-state index is 0.175. The molecule has 0 aromatic heterocycles. The van der Waals surface area contributed by atoms with Crippen LogP contribution >= 0.6 is 0 Å². The summed E-state index contributed by atoms with van der Waals surface area (Å²) in [6, 6.07) is 0.522. The van der Waals surface area contributed by atoms with Gasteiger partial charge in [-0.25, -0.2) is 0 Å². The monoisotopic (exact) mass is 255 g/mol. The highest BCUT2D eigenvalue weighted by atomic mass is 16.5. The minimum atomic E-state index is -0.175. The second kappa shape index (κ2) is 5.08. The highest BCUT2D eigenvalue weighted by molar-refractivity contribution is 4.98. The van der Waals surface area contributed by atoms with Crippen LogP contribution in [0.15, 0.2) is 0 Å². The first-order valence-corrected chi connectivity index (χ1v) is 7.36. The smallest absolute Gasteiger partial charge is 0.0684 e. The summed E-state index contributed by atoms with van der Waals surface area (Å²) < 4.78 is 11.4. The lowest BCUT2D eigenvalue weighted by atomic mass is 9.79. The molecule has 1 spiro atoms. The van der Waals surface area contributed by atoms with E-state index < -0.39 is 0 Å². The van der Waals surface area contributed by atoms with Gasteiger partial charge in [-0.2, -0.15) is 0 Å². The van der Waals surface area contributed by atoms with Crippen LogP contribution in [-0.4, -0.2) is 48.7 Å². The molecule has 0 radical (unpaired) electrons. The predicted molar refractivity (Wildman–Crippen MR) is 68.6 cm³/mol. The molecule has 2 aliphatic heterocycles. The van der Waals surface area contributed by atoms with E-state index in [2.05, 4.69) is 5.32 Å².